The van der Waals surface area contributed by atoms with Crippen LogP contribution in [0.2, 0.25) is 0 Å². The summed E-state index contributed by atoms with van der Waals surface area (Å²) in [5.74, 6) is 3.14. The average molecular weight is 264 g/mol. The predicted molar refractivity (Wildman–Crippen MR) is 81.3 cm³/mol. The minimum atomic E-state index is 0.284. The fourth-order valence-corrected chi connectivity index (χ4v) is 4.78. The van der Waals surface area contributed by atoms with Crippen LogP contribution in [-0.2, 0) is 0 Å². The molecule has 19 heavy (non-hydrogen) atoms. The Morgan fingerprint density at radius 1 is 1.16 bits per heavy atom. The summed E-state index contributed by atoms with van der Waals surface area (Å²) in [6.07, 6.45) is 7.38. The van der Waals surface area contributed by atoms with Crippen LogP contribution in [0.25, 0.3) is 0 Å². The van der Waals surface area contributed by atoms with E-state index in [1.165, 1.54) is 38.8 Å². The van der Waals surface area contributed by atoms with Crippen LogP contribution in [0.3, 0.4) is 0 Å². The standard InChI is InChI=1S/C17H32N2/c1-5-17(4)11-18-16(2,3)12-19(17)10-15-9-13-6-7-14(15)8-13/h13-15,18H,5-12H2,1-4H3. The Bertz CT molecular complexity index is 338. The van der Waals surface area contributed by atoms with Crippen molar-refractivity contribution in [2.45, 2.75) is 70.9 Å². The first-order valence-corrected chi connectivity index (χ1v) is 8.42. The van der Waals surface area contributed by atoms with Gasteiger partial charge in [-0.15, -0.1) is 0 Å². The normalized spacial score (nSPS) is 45.8. The first-order valence-electron chi connectivity index (χ1n) is 8.42. The van der Waals surface area contributed by atoms with Crippen molar-refractivity contribution >= 4 is 0 Å². The van der Waals surface area contributed by atoms with Crippen LogP contribution >= 0.6 is 0 Å². The van der Waals surface area contributed by atoms with Gasteiger partial charge in [-0.25, -0.2) is 0 Å². The maximum absolute atomic E-state index is 3.75. The van der Waals surface area contributed by atoms with Gasteiger partial charge in [0.05, 0.1) is 0 Å². The summed E-state index contributed by atoms with van der Waals surface area (Å²) in [7, 11) is 0. The Kier molecular flexibility index (Phi) is 3.46. The average Bonchev–Trinajstić information content (AvgIpc) is 2.96. The molecule has 2 aliphatic carbocycles. The van der Waals surface area contributed by atoms with Crippen LogP contribution in [0, 0.1) is 17.8 Å². The molecule has 1 saturated heterocycles. The van der Waals surface area contributed by atoms with Crippen LogP contribution in [-0.4, -0.2) is 35.6 Å². The molecule has 0 amide bonds. The third-order valence-electron chi connectivity index (χ3n) is 6.40. The molecule has 3 fully saturated rings. The third-order valence-corrected chi connectivity index (χ3v) is 6.40. The molecule has 3 rings (SSSR count). The summed E-state index contributed by atoms with van der Waals surface area (Å²) in [6.45, 7) is 13.3. The fourth-order valence-electron chi connectivity index (χ4n) is 4.78. The topological polar surface area (TPSA) is 15.3 Å². The van der Waals surface area contributed by atoms with E-state index in [0.29, 0.717) is 5.54 Å². The summed E-state index contributed by atoms with van der Waals surface area (Å²) in [5, 5.41) is 3.75. The summed E-state index contributed by atoms with van der Waals surface area (Å²) in [6, 6.07) is 0. The van der Waals surface area contributed by atoms with Gasteiger partial charge in [-0.1, -0.05) is 13.3 Å². The molecule has 1 heterocycles. The van der Waals surface area contributed by atoms with Gasteiger partial charge in [0.1, 0.15) is 0 Å². The first kappa shape index (κ1) is 13.9. The Morgan fingerprint density at radius 3 is 2.53 bits per heavy atom. The highest BCUT2D eigenvalue weighted by molar-refractivity contribution is 5.01. The van der Waals surface area contributed by atoms with Crippen molar-refractivity contribution in [1.29, 1.82) is 0 Å². The van der Waals surface area contributed by atoms with Crippen LogP contribution in [0.15, 0.2) is 0 Å². The molecule has 4 unspecified atom stereocenters. The van der Waals surface area contributed by atoms with E-state index >= 15 is 0 Å². The molecule has 0 radical (unpaired) electrons. The summed E-state index contributed by atoms with van der Waals surface area (Å²) in [4.78, 5) is 2.83. The number of rotatable bonds is 3. The van der Waals surface area contributed by atoms with Crippen LogP contribution in [0.1, 0.15) is 59.8 Å². The van der Waals surface area contributed by atoms with Crippen molar-refractivity contribution in [3.8, 4) is 0 Å². The second-order valence-electron chi connectivity index (χ2n) is 8.40. The van der Waals surface area contributed by atoms with Crippen molar-refractivity contribution in [3.63, 3.8) is 0 Å². The van der Waals surface area contributed by atoms with Gasteiger partial charge in [-0.2, -0.15) is 0 Å². The van der Waals surface area contributed by atoms with E-state index in [1.807, 2.05) is 0 Å². The van der Waals surface area contributed by atoms with Crippen LogP contribution < -0.4 is 5.32 Å². The van der Waals surface area contributed by atoms with Gasteiger partial charge in [0.25, 0.3) is 0 Å². The van der Waals surface area contributed by atoms with Gasteiger partial charge in [0.15, 0.2) is 0 Å². The highest BCUT2D eigenvalue weighted by Gasteiger charge is 2.45. The molecule has 2 saturated carbocycles. The van der Waals surface area contributed by atoms with E-state index < -0.39 is 0 Å². The molecule has 0 aromatic heterocycles. The molecule has 2 heteroatoms. The third kappa shape index (κ3) is 2.58. The molecule has 4 atom stereocenters. The monoisotopic (exact) mass is 264 g/mol. The van der Waals surface area contributed by atoms with Gasteiger partial charge in [0.2, 0.25) is 0 Å². The van der Waals surface area contributed by atoms with Gasteiger partial charge < -0.3 is 5.32 Å². The zero-order valence-electron chi connectivity index (χ0n) is 13.3. The van der Waals surface area contributed by atoms with Crippen molar-refractivity contribution in [3.05, 3.63) is 0 Å². The zero-order valence-corrected chi connectivity index (χ0v) is 13.3. The minimum absolute atomic E-state index is 0.284. The van der Waals surface area contributed by atoms with E-state index in [0.717, 1.165) is 24.3 Å². The smallest absolute Gasteiger partial charge is 0.0304 e. The number of nitrogens with one attached hydrogen (secondary N) is 1. The number of hydrogen-bond acceptors (Lipinski definition) is 2. The number of nitrogens with zero attached hydrogens (tertiary/aromatic N) is 1. The largest absolute Gasteiger partial charge is 0.309 e. The van der Waals surface area contributed by atoms with E-state index in [2.05, 4.69) is 37.9 Å². The molecule has 0 aromatic carbocycles. The lowest BCUT2D eigenvalue weighted by Crippen LogP contribution is -2.67. The Hall–Kier alpha value is -0.0800. The second-order valence-corrected chi connectivity index (χ2v) is 8.40. The quantitative estimate of drug-likeness (QED) is 0.841. The molecule has 2 bridgehead atoms. The van der Waals surface area contributed by atoms with Crippen molar-refractivity contribution in [1.82, 2.24) is 10.2 Å². The summed E-state index contributed by atoms with van der Waals surface area (Å²) in [5.41, 5.74) is 0.656. The SMILES string of the molecule is CCC1(C)CNC(C)(C)CN1CC1CC2CCC1C2. The number of piperazine rings is 1. The number of fused-ring (bicyclic) bond motifs is 2. The minimum Gasteiger partial charge on any atom is -0.309 e. The first-order chi connectivity index (χ1) is 8.92. The maximum atomic E-state index is 3.75. The molecule has 0 aromatic rings. The summed E-state index contributed by atoms with van der Waals surface area (Å²) >= 11 is 0. The van der Waals surface area contributed by atoms with Crippen molar-refractivity contribution < 1.29 is 0 Å². The Balaban J connectivity index is 1.69. The maximum Gasteiger partial charge on any atom is 0.0304 e. The van der Waals surface area contributed by atoms with Crippen molar-refractivity contribution in [2.24, 2.45) is 17.8 Å². The highest BCUT2D eigenvalue weighted by atomic mass is 15.3. The molecular formula is C17H32N2. The molecule has 110 valence electrons. The molecule has 1 N–H and O–H groups in total. The van der Waals surface area contributed by atoms with E-state index in [1.54, 1.807) is 6.42 Å². The van der Waals surface area contributed by atoms with Crippen LogP contribution in [0.5, 0.6) is 0 Å². The van der Waals surface area contributed by atoms with Gasteiger partial charge in [0, 0.05) is 30.7 Å². The highest BCUT2D eigenvalue weighted by Crippen LogP contribution is 2.49. The van der Waals surface area contributed by atoms with Gasteiger partial charge in [-0.05, 0) is 64.2 Å². The lowest BCUT2D eigenvalue weighted by molar-refractivity contribution is 0.00547. The molecule has 2 nitrogen and oxygen atoms in total. The number of hydrogen-bond donors (Lipinski definition) is 1. The lowest BCUT2D eigenvalue weighted by atomic mass is 9.83. The molecular weight excluding hydrogens is 232 g/mol. The molecule has 0 spiro atoms. The van der Waals surface area contributed by atoms with Crippen LogP contribution in [0.4, 0.5) is 0 Å². The molecule has 1 aliphatic heterocycles. The predicted octanol–water partition coefficient (Wildman–Crippen LogP) is 3.28. The van der Waals surface area contributed by atoms with Gasteiger partial charge >= 0.3 is 0 Å². The fraction of sp³-hybridized carbons (Fsp3) is 1.00. The summed E-state index contributed by atoms with van der Waals surface area (Å²) < 4.78 is 0. The Labute approximate surface area is 119 Å². The second kappa shape index (κ2) is 4.73. The van der Waals surface area contributed by atoms with Gasteiger partial charge in [-0.3, -0.25) is 4.90 Å². The molecule has 3 aliphatic rings. The van der Waals surface area contributed by atoms with E-state index in [4.69, 9.17) is 0 Å². The Morgan fingerprint density at radius 2 is 1.95 bits per heavy atom. The lowest BCUT2D eigenvalue weighted by Gasteiger charge is -2.52. The zero-order chi connectivity index (χ0) is 13.7. The van der Waals surface area contributed by atoms with E-state index in [9.17, 15) is 0 Å². The van der Waals surface area contributed by atoms with E-state index in [-0.39, 0.29) is 5.54 Å². The van der Waals surface area contributed by atoms with Crippen molar-refractivity contribution in [2.75, 3.05) is 19.6 Å².